The van der Waals surface area contributed by atoms with Gasteiger partial charge in [-0.1, -0.05) is 12.1 Å². The van der Waals surface area contributed by atoms with E-state index in [4.69, 9.17) is 14.2 Å². The van der Waals surface area contributed by atoms with Gasteiger partial charge in [-0.15, -0.1) is 0 Å². The fourth-order valence-corrected chi connectivity index (χ4v) is 1.39. The molecule has 0 aliphatic rings. The van der Waals surface area contributed by atoms with Gasteiger partial charge in [0.15, 0.2) is 0 Å². The normalized spacial score (nSPS) is 10.1. The molecule has 100 valence electrons. The summed E-state index contributed by atoms with van der Waals surface area (Å²) in [6, 6.07) is 7.20. The quantitative estimate of drug-likeness (QED) is 0.562. The number of esters is 1. The Balaban J connectivity index is 2.32. The maximum atomic E-state index is 11.8. The summed E-state index contributed by atoms with van der Waals surface area (Å²) in [4.78, 5) is 11.8. The van der Waals surface area contributed by atoms with Crippen molar-refractivity contribution < 1.29 is 19.0 Å². The Morgan fingerprint density at radius 3 is 2.61 bits per heavy atom. The number of rotatable bonds is 8. The number of methoxy groups -OCH3 is 1. The highest BCUT2D eigenvalue weighted by Crippen LogP contribution is 2.14. The molecule has 0 saturated heterocycles. The summed E-state index contributed by atoms with van der Waals surface area (Å²) in [5.74, 6) is -0.352. The Kier molecular flexibility index (Phi) is 6.83. The van der Waals surface area contributed by atoms with Gasteiger partial charge >= 0.3 is 5.97 Å². The largest absolute Gasteiger partial charge is 0.460 e. The minimum Gasteiger partial charge on any atom is -0.460 e. The molecule has 0 fully saturated rings. The molecule has 0 heterocycles. The van der Waals surface area contributed by atoms with Crippen LogP contribution in [-0.2, 0) is 14.2 Å². The van der Waals surface area contributed by atoms with Gasteiger partial charge < -0.3 is 19.5 Å². The molecular weight excluding hydrogens is 234 g/mol. The molecule has 0 bridgehead atoms. The first-order chi connectivity index (χ1) is 8.79. The van der Waals surface area contributed by atoms with Gasteiger partial charge in [-0.05, 0) is 12.1 Å². The number of anilines is 1. The number of benzene rings is 1. The number of ether oxygens (including phenoxy) is 3. The van der Waals surface area contributed by atoms with E-state index in [0.717, 1.165) is 5.69 Å². The fourth-order valence-electron chi connectivity index (χ4n) is 1.39. The molecule has 0 aliphatic heterocycles. The monoisotopic (exact) mass is 253 g/mol. The molecule has 1 aromatic carbocycles. The predicted molar refractivity (Wildman–Crippen MR) is 69.0 cm³/mol. The van der Waals surface area contributed by atoms with Crippen molar-refractivity contribution in [3.8, 4) is 0 Å². The van der Waals surface area contributed by atoms with Crippen molar-refractivity contribution >= 4 is 11.7 Å². The summed E-state index contributed by atoms with van der Waals surface area (Å²) in [5, 5.41) is 2.95. The molecule has 0 spiro atoms. The van der Waals surface area contributed by atoms with Crippen LogP contribution >= 0.6 is 0 Å². The van der Waals surface area contributed by atoms with Gasteiger partial charge in [0.25, 0.3) is 0 Å². The van der Waals surface area contributed by atoms with E-state index in [1.165, 1.54) is 0 Å². The molecule has 5 nitrogen and oxygen atoms in total. The Morgan fingerprint density at radius 2 is 1.89 bits per heavy atom. The third-order valence-electron chi connectivity index (χ3n) is 2.31. The molecular formula is C13H19NO4. The molecule has 0 saturated carbocycles. The van der Waals surface area contributed by atoms with Crippen LogP contribution in [0.4, 0.5) is 5.69 Å². The van der Waals surface area contributed by atoms with E-state index >= 15 is 0 Å². The summed E-state index contributed by atoms with van der Waals surface area (Å²) in [6.45, 7) is 1.65. The second kappa shape index (κ2) is 8.49. The van der Waals surface area contributed by atoms with Crippen molar-refractivity contribution in [1.29, 1.82) is 0 Å². The molecule has 0 amide bonds. The topological polar surface area (TPSA) is 56.8 Å². The fraction of sp³-hybridized carbons (Fsp3) is 0.462. The summed E-state index contributed by atoms with van der Waals surface area (Å²) in [5.41, 5.74) is 1.28. The highest BCUT2D eigenvalue weighted by molar-refractivity contribution is 5.95. The zero-order valence-corrected chi connectivity index (χ0v) is 10.8. The maximum Gasteiger partial charge on any atom is 0.340 e. The van der Waals surface area contributed by atoms with Gasteiger partial charge in [-0.3, -0.25) is 0 Å². The number of hydrogen-bond acceptors (Lipinski definition) is 5. The number of nitrogens with one attached hydrogen (secondary N) is 1. The van der Waals surface area contributed by atoms with Crippen molar-refractivity contribution in [1.82, 2.24) is 0 Å². The lowest BCUT2D eigenvalue weighted by Crippen LogP contribution is -2.13. The third kappa shape index (κ3) is 4.73. The molecule has 0 aromatic heterocycles. The van der Waals surface area contributed by atoms with E-state index in [0.29, 0.717) is 25.4 Å². The van der Waals surface area contributed by atoms with E-state index in [9.17, 15) is 4.79 Å². The van der Waals surface area contributed by atoms with E-state index in [2.05, 4.69) is 5.32 Å². The lowest BCUT2D eigenvalue weighted by atomic mass is 10.2. The zero-order valence-electron chi connectivity index (χ0n) is 10.8. The summed E-state index contributed by atoms with van der Waals surface area (Å²) < 4.78 is 15.1. The average molecular weight is 253 g/mol. The SMILES string of the molecule is CNc1ccccc1C(=O)OCCOCCOC. The van der Waals surface area contributed by atoms with Crippen LogP contribution in [0.1, 0.15) is 10.4 Å². The van der Waals surface area contributed by atoms with Crippen molar-refractivity contribution in [2.24, 2.45) is 0 Å². The molecule has 1 rings (SSSR count). The first-order valence-corrected chi connectivity index (χ1v) is 5.80. The van der Waals surface area contributed by atoms with Crippen LogP contribution in [0.2, 0.25) is 0 Å². The van der Waals surface area contributed by atoms with Crippen LogP contribution in [0.25, 0.3) is 0 Å². The Morgan fingerprint density at radius 1 is 1.17 bits per heavy atom. The van der Waals surface area contributed by atoms with Crippen molar-refractivity contribution in [2.45, 2.75) is 0 Å². The Labute approximate surface area is 107 Å². The second-order valence-electron chi connectivity index (χ2n) is 3.54. The van der Waals surface area contributed by atoms with Gasteiger partial charge in [0, 0.05) is 19.8 Å². The minimum atomic E-state index is -0.352. The van der Waals surface area contributed by atoms with Crippen LogP contribution in [-0.4, -0.2) is 46.6 Å². The molecule has 0 unspecified atom stereocenters. The van der Waals surface area contributed by atoms with Gasteiger partial charge in [0.2, 0.25) is 0 Å². The molecule has 5 heteroatoms. The molecule has 18 heavy (non-hydrogen) atoms. The van der Waals surface area contributed by atoms with Gasteiger partial charge in [-0.25, -0.2) is 4.79 Å². The van der Waals surface area contributed by atoms with Gasteiger partial charge in [0.05, 0.1) is 25.4 Å². The van der Waals surface area contributed by atoms with Gasteiger partial charge in [-0.2, -0.15) is 0 Å². The smallest absolute Gasteiger partial charge is 0.340 e. The second-order valence-corrected chi connectivity index (χ2v) is 3.54. The van der Waals surface area contributed by atoms with Crippen LogP contribution in [0, 0.1) is 0 Å². The number of hydrogen-bond donors (Lipinski definition) is 1. The van der Waals surface area contributed by atoms with Crippen molar-refractivity contribution in [2.75, 3.05) is 45.9 Å². The van der Waals surface area contributed by atoms with E-state index in [1.54, 1.807) is 26.3 Å². The summed E-state index contributed by atoms with van der Waals surface area (Å²) in [7, 11) is 3.37. The molecule has 1 aromatic rings. The van der Waals surface area contributed by atoms with Gasteiger partial charge in [0.1, 0.15) is 6.61 Å². The lowest BCUT2D eigenvalue weighted by molar-refractivity contribution is 0.0214. The van der Waals surface area contributed by atoms with Crippen LogP contribution < -0.4 is 5.32 Å². The number of carbonyl (C=O) groups is 1. The Bertz CT molecular complexity index is 368. The standard InChI is InChI=1S/C13H19NO4/c1-14-12-6-4-3-5-11(12)13(15)18-10-9-17-8-7-16-2/h3-6,14H,7-10H2,1-2H3. The first-order valence-electron chi connectivity index (χ1n) is 5.80. The summed E-state index contributed by atoms with van der Waals surface area (Å²) >= 11 is 0. The lowest BCUT2D eigenvalue weighted by Gasteiger charge is -2.09. The number of para-hydroxylation sites is 1. The number of carbonyl (C=O) groups excluding carboxylic acids is 1. The van der Waals surface area contributed by atoms with E-state index in [1.807, 2.05) is 12.1 Å². The van der Waals surface area contributed by atoms with E-state index < -0.39 is 0 Å². The molecule has 0 atom stereocenters. The van der Waals surface area contributed by atoms with E-state index in [-0.39, 0.29) is 12.6 Å². The zero-order chi connectivity index (χ0) is 13.2. The predicted octanol–water partition coefficient (Wildman–Crippen LogP) is 1.55. The maximum absolute atomic E-state index is 11.8. The van der Waals surface area contributed by atoms with Crippen LogP contribution in [0.15, 0.2) is 24.3 Å². The average Bonchev–Trinajstić information content (AvgIpc) is 2.42. The highest BCUT2D eigenvalue weighted by atomic mass is 16.6. The molecule has 0 aliphatic carbocycles. The van der Waals surface area contributed by atoms with Crippen molar-refractivity contribution in [3.05, 3.63) is 29.8 Å². The van der Waals surface area contributed by atoms with Crippen molar-refractivity contribution in [3.63, 3.8) is 0 Å². The minimum absolute atomic E-state index is 0.237. The first kappa shape index (κ1) is 14.5. The summed E-state index contributed by atoms with van der Waals surface area (Å²) in [6.07, 6.45) is 0. The molecule has 0 radical (unpaired) electrons. The van der Waals surface area contributed by atoms with Crippen LogP contribution in [0.5, 0.6) is 0 Å². The molecule has 1 N–H and O–H groups in total. The Hall–Kier alpha value is -1.59. The third-order valence-corrected chi connectivity index (χ3v) is 2.31. The van der Waals surface area contributed by atoms with Crippen LogP contribution in [0.3, 0.4) is 0 Å². The highest BCUT2D eigenvalue weighted by Gasteiger charge is 2.10.